The monoisotopic (exact) mass is 739 g/mol. The zero-order valence-corrected chi connectivity index (χ0v) is 32.0. The van der Waals surface area contributed by atoms with E-state index in [-0.39, 0.29) is 24.0 Å². The maximum Gasteiger partial charge on any atom is 0.306 e. The first-order valence-corrected chi connectivity index (χ1v) is 19.4. The molecular formula is C41H50ClN7O4. The Balaban J connectivity index is 1.02. The highest BCUT2D eigenvalue weighted by Crippen LogP contribution is 2.37. The van der Waals surface area contributed by atoms with Gasteiger partial charge in [0.2, 0.25) is 5.78 Å². The van der Waals surface area contributed by atoms with Gasteiger partial charge in [-0.25, -0.2) is 9.97 Å². The molecule has 1 fully saturated rings. The van der Waals surface area contributed by atoms with Crippen molar-refractivity contribution in [1.82, 2.24) is 28.9 Å². The minimum atomic E-state index is -0.662. The summed E-state index contributed by atoms with van der Waals surface area (Å²) in [4.78, 5) is 53.0. The van der Waals surface area contributed by atoms with E-state index in [1.807, 2.05) is 60.5 Å². The number of hydrogen-bond acceptors (Lipinski definition) is 7. The van der Waals surface area contributed by atoms with Gasteiger partial charge in [0.1, 0.15) is 0 Å². The van der Waals surface area contributed by atoms with Crippen LogP contribution in [0.1, 0.15) is 94.2 Å². The van der Waals surface area contributed by atoms with Crippen molar-refractivity contribution < 1.29 is 19.5 Å². The second kappa shape index (κ2) is 15.6. The summed E-state index contributed by atoms with van der Waals surface area (Å²) in [7, 11) is 3.84. The number of halogens is 1. The van der Waals surface area contributed by atoms with E-state index in [0.717, 1.165) is 123 Å². The average Bonchev–Trinajstić information content (AvgIpc) is 3.67. The van der Waals surface area contributed by atoms with Gasteiger partial charge in [0.15, 0.2) is 11.6 Å². The number of rotatable bonds is 11. The fraction of sp³-hybridized carbons (Fsp3) is 0.488. The van der Waals surface area contributed by atoms with Gasteiger partial charge in [-0.1, -0.05) is 48.9 Å². The normalized spacial score (nSPS) is 19.1. The van der Waals surface area contributed by atoms with E-state index in [2.05, 4.69) is 22.0 Å². The first-order chi connectivity index (χ1) is 25.5. The van der Waals surface area contributed by atoms with E-state index in [1.165, 1.54) is 0 Å². The number of amides is 1. The number of carbonyl (C=O) groups is 3. The highest BCUT2D eigenvalue weighted by Gasteiger charge is 2.29. The van der Waals surface area contributed by atoms with Gasteiger partial charge < -0.3 is 19.6 Å². The lowest BCUT2D eigenvalue weighted by Gasteiger charge is -2.30. The molecule has 0 saturated heterocycles. The van der Waals surface area contributed by atoms with Gasteiger partial charge in [0.05, 0.1) is 28.0 Å². The molecule has 4 heterocycles. The van der Waals surface area contributed by atoms with Crippen LogP contribution in [0.4, 0.5) is 5.69 Å². The van der Waals surface area contributed by atoms with Crippen molar-refractivity contribution in [1.29, 1.82) is 0 Å². The molecule has 280 valence electrons. The molecule has 1 aliphatic carbocycles. The predicted octanol–water partition coefficient (Wildman–Crippen LogP) is 6.48. The number of aromatic nitrogens is 4. The Morgan fingerprint density at radius 1 is 0.868 bits per heavy atom. The molecule has 0 spiro atoms. The molecule has 1 amide bonds. The number of ketones is 1. The van der Waals surface area contributed by atoms with E-state index in [4.69, 9.17) is 21.6 Å². The van der Waals surface area contributed by atoms with Crippen LogP contribution >= 0.6 is 11.6 Å². The summed E-state index contributed by atoms with van der Waals surface area (Å²) in [6.45, 7) is 9.40. The van der Waals surface area contributed by atoms with Gasteiger partial charge in [-0.15, -0.1) is 0 Å². The number of Topliss-reactive ketones (excluding diaryl/α,β-unsaturated/α-hetero) is 1. The molecule has 0 radical (unpaired) electrons. The van der Waals surface area contributed by atoms with Crippen LogP contribution in [-0.2, 0) is 51.2 Å². The zero-order valence-electron chi connectivity index (χ0n) is 31.3. The van der Waals surface area contributed by atoms with Gasteiger partial charge in [-0.2, -0.15) is 0 Å². The maximum absolute atomic E-state index is 13.7. The minimum absolute atomic E-state index is 0.0157. The molecule has 53 heavy (non-hydrogen) atoms. The number of hydrogen-bond donors (Lipinski definition) is 2. The van der Waals surface area contributed by atoms with Crippen LogP contribution in [0.15, 0.2) is 36.4 Å². The Morgan fingerprint density at radius 2 is 1.49 bits per heavy atom. The molecule has 0 bridgehead atoms. The van der Waals surface area contributed by atoms with Gasteiger partial charge in [0, 0.05) is 76.5 Å². The molecule has 0 unspecified atom stereocenters. The Morgan fingerprint density at radius 3 is 2.19 bits per heavy atom. The molecule has 4 aromatic rings. The summed E-state index contributed by atoms with van der Waals surface area (Å²) in [5.74, 6) is 0.228. The molecular weight excluding hydrogens is 690 g/mol. The topological polar surface area (TPSA) is 126 Å². The first kappa shape index (κ1) is 37.0. The number of carboxylic acid groups (broad SMARTS) is 1. The molecule has 12 heteroatoms. The lowest BCUT2D eigenvalue weighted by atomic mass is 9.80. The van der Waals surface area contributed by atoms with E-state index >= 15 is 0 Å². The molecule has 2 aliphatic heterocycles. The van der Waals surface area contributed by atoms with Crippen LogP contribution in [0, 0.1) is 18.8 Å². The lowest BCUT2D eigenvalue weighted by molar-refractivity contribution is -0.143. The predicted molar refractivity (Wildman–Crippen MR) is 205 cm³/mol. The molecule has 2 aromatic heterocycles. The summed E-state index contributed by atoms with van der Waals surface area (Å²) in [6, 6.07) is 11.5. The molecule has 1 saturated carbocycles. The molecule has 7 rings (SSSR count). The van der Waals surface area contributed by atoms with Crippen LogP contribution in [0.25, 0.3) is 11.1 Å². The van der Waals surface area contributed by atoms with Gasteiger partial charge >= 0.3 is 5.97 Å². The quantitative estimate of drug-likeness (QED) is 0.168. The summed E-state index contributed by atoms with van der Waals surface area (Å²) in [6.07, 6.45) is 6.48. The van der Waals surface area contributed by atoms with Gasteiger partial charge in [0.25, 0.3) is 5.91 Å². The van der Waals surface area contributed by atoms with Crippen molar-refractivity contribution in [2.24, 2.45) is 25.9 Å². The first-order valence-electron chi connectivity index (χ1n) is 19.0. The molecule has 2 aromatic carbocycles. The fourth-order valence-corrected chi connectivity index (χ4v) is 8.85. The van der Waals surface area contributed by atoms with Crippen LogP contribution in [-0.4, -0.2) is 77.8 Å². The summed E-state index contributed by atoms with van der Waals surface area (Å²) in [5.41, 5.74) is 8.17. The molecule has 0 atom stereocenters. The van der Waals surface area contributed by atoms with E-state index in [9.17, 15) is 19.5 Å². The highest BCUT2D eigenvalue weighted by atomic mass is 35.5. The molecule has 11 nitrogen and oxygen atoms in total. The van der Waals surface area contributed by atoms with Crippen molar-refractivity contribution in [3.8, 4) is 11.1 Å². The SMILES string of the molecule is CCN1CCc2c(nc(C(=O)Cc3cccc(-c4cccc(NC(=O)c5nc6c(n5C)CCN(CCC5CCC(C(=O)O)CC5)C6)c4Cl)c3C)n2C)C1. The van der Waals surface area contributed by atoms with Crippen molar-refractivity contribution in [2.75, 3.05) is 31.5 Å². The number of benzene rings is 2. The number of nitrogens with zero attached hydrogens (tertiary/aromatic N) is 6. The number of fused-ring (bicyclic) bond motifs is 2. The number of imidazole rings is 2. The third-order valence-corrected chi connectivity index (χ3v) is 12.4. The van der Waals surface area contributed by atoms with E-state index in [0.29, 0.717) is 34.8 Å². The average molecular weight is 740 g/mol. The smallest absolute Gasteiger partial charge is 0.306 e. The third kappa shape index (κ3) is 7.57. The number of carboxylic acids is 1. The minimum Gasteiger partial charge on any atom is -0.481 e. The number of nitrogens with one attached hydrogen (secondary N) is 1. The van der Waals surface area contributed by atoms with Crippen molar-refractivity contribution in [2.45, 2.75) is 78.3 Å². The highest BCUT2D eigenvalue weighted by molar-refractivity contribution is 6.36. The summed E-state index contributed by atoms with van der Waals surface area (Å²) >= 11 is 7.02. The Bertz CT molecular complexity index is 2040. The fourth-order valence-electron chi connectivity index (χ4n) is 8.57. The van der Waals surface area contributed by atoms with Gasteiger partial charge in [-0.05, 0) is 80.8 Å². The standard InChI is InChI=1S/C41H50ClN7O4/c1-5-48-20-17-34-32(23-48)43-38(46(34)3)36(50)22-28-8-6-9-29(25(28)2)30-10-7-11-31(37(30)42)45-40(51)39-44-33-24-49(21-18-35(33)47(39)4)19-16-26-12-14-27(15-13-26)41(52)53/h6-11,26-27H,5,12-24H2,1-4H3,(H,45,51)(H,52,53). The van der Waals surface area contributed by atoms with Crippen molar-refractivity contribution in [3.05, 3.63) is 87.0 Å². The van der Waals surface area contributed by atoms with Crippen LogP contribution in [0.3, 0.4) is 0 Å². The van der Waals surface area contributed by atoms with Crippen LogP contribution in [0.2, 0.25) is 5.02 Å². The second-order valence-electron chi connectivity index (χ2n) is 15.1. The Kier molecular flexibility index (Phi) is 10.9. The number of carbonyl (C=O) groups excluding carboxylic acids is 2. The second-order valence-corrected chi connectivity index (χ2v) is 15.5. The maximum atomic E-state index is 13.7. The number of anilines is 1. The van der Waals surface area contributed by atoms with E-state index in [1.54, 1.807) is 6.07 Å². The Hall–Kier alpha value is -4.32. The molecule has 2 N–H and O–H groups in total. The van der Waals surface area contributed by atoms with Gasteiger partial charge in [-0.3, -0.25) is 24.2 Å². The Labute approximate surface area is 316 Å². The number of likely N-dealkylation sites (N-methyl/N-ethyl adjacent to an activating group) is 1. The van der Waals surface area contributed by atoms with Crippen LogP contribution in [0.5, 0.6) is 0 Å². The summed E-state index contributed by atoms with van der Waals surface area (Å²) in [5, 5.41) is 12.8. The molecule has 3 aliphatic rings. The van der Waals surface area contributed by atoms with Crippen molar-refractivity contribution in [3.63, 3.8) is 0 Å². The number of aliphatic carboxylic acids is 1. The lowest BCUT2D eigenvalue weighted by Crippen LogP contribution is -2.33. The van der Waals surface area contributed by atoms with Crippen LogP contribution < -0.4 is 5.32 Å². The van der Waals surface area contributed by atoms with Crippen molar-refractivity contribution >= 4 is 34.9 Å². The largest absolute Gasteiger partial charge is 0.481 e. The van der Waals surface area contributed by atoms with E-state index < -0.39 is 5.97 Å². The summed E-state index contributed by atoms with van der Waals surface area (Å²) < 4.78 is 3.87. The zero-order chi connectivity index (χ0) is 37.4. The third-order valence-electron chi connectivity index (χ3n) is 12.0.